The van der Waals surface area contributed by atoms with E-state index < -0.39 is 29.5 Å². The maximum absolute atomic E-state index is 13.6. The Morgan fingerprint density at radius 2 is 1.94 bits per heavy atom. The van der Waals surface area contributed by atoms with Crippen LogP contribution in [0, 0.1) is 6.92 Å². The number of hydrogen-bond donors (Lipinski definition) is 3. The number of hydrogen-bond acceptors (Lipinski definition) is 7. The second-order valence-electron chi connectivity index (χ2n) is 10.1. The zero-order chi connectivity index (χ0) is 26.3. The van der Waals surface area contributed by atoms with Gasteiger partial charge in [-0.2, -0.15) is 0 Å². The van der Waals surface area contributed by atoms with Crippen LogP contribution in [0.15, 0.2) is 12.3 Å². The van der Waals surface area contributed by atoms with Gasteiger partial charge in [0.25, 0.3) is 17.7 Å². The van der Waals surface area contributed by atoms with Crippen LogP contribution in [0.25, 0.3) is 10.4 Å². The monoisotopic (exact) mass is 525 g/mol. The van der Waals surface area contributed by atoms with Crippen LogP contribution < -0.4 is 10.6 Å². The predicted octanol–water partition coefficient (Wildman–Crippen LogP) is 3.80. The number of carbonyl (C=O) groups is 2. The average Bonchev–Trinajstić information content (AvgIpc) is 3.21. The summed E-state index contributed by atoms with van der Waals surface area (Å²) in [7, 11) is 0. The molecular weight excluding hydrogens is 495 g/mol. The van der Waals surface area contributed by atoms with Gasteiger partial charge in [0.1, 0.15) is 17.7 Å². The number of halogens is 3. The number of pyridine rings is 1. The summed E-state index contributed by atoms with van der Waals surface area (Å²) >= 11 is 1.03. The molecule has 196 valence electrons. The number of alkyl halides is 3. The third kappa shape index (κ3) is 6.15. The van der Waals surface area contributed by atoms with Gasteiger partial charge in [0, 0.05) is 50.3 Å². The average molecular weight is 526 g/mol. The van der Waals surface area contributed by atoms with Gasteiger partial charge in [-0.15, -0.1) is 11.3 Å². The third-order valence-electron chi connectivity index (χ3n) is 6.21. The lowest BCUT2D eigenvalue weighted by molar-refractivity contribution is -0.0794. The molecule has 1 saturated heterocycles. The molecule has 0 radical (unpaired) electrons. The van der Waals surface area contributed by atoms with Gasteiger partial charge in [-0.25, -0.2) is 23.1 Å². The molecule has 0 aromatic carbocycles. The highest BCUT2D eigenvalue weighted by Gasteiger charge is 2.45. The molecule has 36 heavy (non-hydrogen) atoms. The fourth-order valence-electron chi connectivity index (χ4n) is 4.16. The van der Waals surface area contributed by atoms with Gasteiger partial charge in [-0.1, -0.05) is 0 Å². The van der Waals surface area contributed by atoms with Crippen LogP contribution in [0.4, 0.5) is 19.0 Å². The van der Waals surface area contributed by atoms with Crippen molar-refractivity contribution in [3.63, 3.8) is 0 Å². The Kier molecular flexibility index (Phi) is 7.29. The fraction of sp³-hybridized carbons (Fsp3) is 0.583. The Balaban J connectivity index is 1.62. The van der Waals surface area contributed by atoms with E-state index in [2.05, 4.69) is 20.6 Å². The summed E-state index contributed by atoms with van der Waals surface area (Å²) in [5.41, 5.74) is 0.262. The number of aryl methyl sites for hydroxylation is 1. The normalized spacial score (nSPS) is 18.6. The van der Waals surface area contributed by atoms with Crippen molar-refractivity contribution in [1.82, 2.24) is 20.2 Å². The van der Waals surface area contributed by atoms with E-state index in [9.17, 15) is 27.9 Å². The number of aromatic nitrogens is 2. The number of amides is 2. The van der Waals surface area contributed by atoms with E-state index in [-0.39, 0.29) is 62.1 Å². The highest BCUT2D eigenvalue weighted by molar-refractivity contribution is 7.17. The molecule has 0 atom stereocenters. The molecule has 2 aromatic rings. The van der Waals surface area contributed by atoms with E-state index in [0.717, 1.165) is 16.9 Å². The van der Waals surface area contributed by atoms with E-state index in [0.29, 0.717) is 16.3 Å². The fourth-order valence-corrected chi connectivity index (χ4v) is 5.21. The van der Waals surface area contributed by atoms with Gasteiger partial charge < -0.3 is 20.6 Å². The number of nitrogens with zero attached hydrogens (tertiary/aromatic N) is 3. The third-order valence-corrected chi connectivity index (χ3v) is 7.30. The van der Waals surface area contributed by atoms with Crippen molar-refractivity contribution in [1.29, 1.82) is 0 Å². The molecule has 2 aromatic heterocycles. The summed E-state index contributed by atoms with van der Waals surface area (Å²) in [5.74, 6) is -3.13. The van der Waals surface area contributed by atoms with Crippen LogP contribution in [-0.4, -0.2) is 75.2 Å². The summed E-state index contributed by atoms with van der Waals surface area (Å²) in [6.07, 6.45) is 0.569. The molecular formula is C24H30F3N5O3S. The summed E-state index contributed by atoms with van der Waals surface area (Å²) in [6, 6.07) is 1.35. The predicted molar refractivity (Wildman–Crippen MR) is 130 cm³/mol. The molecule has 0 unspecified atom stereocenters. The summed E-state index contributed by atoms with van der Waals surface area (Å²) < 4.78 is 40.0. The minimum absolute atomic E-state index is 0.00476. The maximum Gasteiger partial charge on any atom is 0.280 e. The molecule has 8 nitrogen and oxygen atoms in total. The van der Waals surface area contributed by atoms with Crippen LogP contribution >= 0.6 is 11.3 Å². The number of nitrogens with one attached hydrogen (secondary N) is 2. The van der Waals surface area contributed by atoms with Crippen molar-refractivity contribution in [2.24, 2.45) is 0 Å². The Labute approximate surface area is 211 Å². The minimum atomic E-state index is -2.65. The smallest absolute Gasteiger partial charge is 0.280 e. The quantitative estimate of drug-likeness (QED) is 0.508. The molecule has 2 aliphatic rings. The van der Waals surface area contributed by atoms with Crippen molar-refractivity contribution in [3.05, 3.63) is 28.5 Å². The number of piperidine rings is 1. The Bertz CT molecular complexity index is 1130. The van der Waals surface area contributed by atoms with Crippen molar-refractivity contribution in [3.8, 4) is 10.4 Å². The van der Waals surface area contributed by atoms with Gasteiger partial charge in [0.15, 0.2) is 5.01 Å². The number of rotatable bonds is 7. The largest absolute Gasteiger partial charge is 0.389 e. The first-order valence-electron chi connectivity index (χ1n) is 11.9. The van der Waals surface area contributed by atoms with E-state index in [1.807, 2.05) is 0 Å². The van der Waals surface area contributed by atoms with Crippen LogP contribution in [0.2, 0.25) is 0 Å². The van der Waals surface area contributed by atoms with Crippen molar-refractivity contribution >= 4 is 29.0 Å². The number of aliphatic hydroxyl groups is 1. The molecule has 0 spiro atoms. The van der Waals surface area contributed by atoms with Crippen LogP contribution in [0.5, 0.6) is 0 Å². The summed E-state index contributed by atoms with van der Waals surface area (Å²) in [5, 5.41) is 15.6. The second kappa shape index (κ2) is 9.97. The van der Waals surface area contributed by atoms with Gasteiger partial charge in [-0.05, 0) is 45.2 Å². The van der Waals surface area contributed by atoms with Gasteiger partial charge in [0.05, 0.1) is 10.5 Å². The van der Waals surface area contributed by atoms with Crippen LogP contribution in [-0.2, 0) is 0 Å². The van der Waals surface area contributed by atoms with Crippen LogP contribution in [0.3, 0.4) is 0 Å². The molecule has 1 saturated carbocycles. The van der Waals surface area contributed by atoms with Gasteiger partial charge in [-0.3, -0.25) is 9.59 Å². The van der Waals surface area contributed by atoms with Crippen molar-refractivity contribution in [2.75, 3.05) is 25.0 Å². The van der Waals surface area contributed by atoms with Gasteiger partial charge in [0.2, 0.25) is 0 Å². The standard InChI is InChI=1S/C24H30F3N5O3S/c1-13-8-17(30-15-9-24(26,27)10-15)28-11-16(13)19-18(22(34)32-6-4-14(25)5-7-32)31-21(36-19)20(33)29-12-23(2,3)35/h8,11,14-15,35H,4-7,9-10,12H2,1-3H3,(H,28,30)(H,29,33). The second-order valence-corrected chi connectivity index (χ2v) is 11.1. The van der Waals surface area contributed by atoms with Gasteiger partial charge >= 0.3 is 0 Å². The molecule has 12 heteroatoms. The molecule has 3 heterocycles. The Morgan fingerprint density at radius 1 is 1.28 bits per heavy atom. The minimum Gasteiger partial charge on any atom is -0.389 e. The van der Waals surface area contributed by atoms with E-state index in [4.69, 9.17) is 0 Å². The van der Waals surface area contributed by atoms with E-state index in [1.54, 1.807) is 26.8 Å². The Hall–Kier alpha value is -2.73. The zero-order valence-electron chi connectivity index (χ0n) is 20.4. The topological polar surface area (TPSA) is 107 Å². The molecule has 1 aliphatic carbocycles. The lowest BCUT2D eigenvalue weighted by atomic mass is 9.88. The highest BCUT2D eigenvalue weighted by atomic mass is 32.1. The molecule has 4 rings (SSSR count). The first-order chi connectivity index (χ1) is 16.8. The van der Waals surface area contributed by atoms with Crippen molar-refractivity contribution < 1.29 is 27.9 Å². The molecule has 3 N–H and O–H groups in total. The van der Waals surface area contributed by atoms with Crippen LogP contribution in [0.1, 0.15) is 65.4 Å². The number of thiazole rings is 1. The first kappa shape index (κ1) is 26.3. The van der Waals surface area contributed by atoms with E-state index >= 15 is 0 Å². The maximum atomic E-state index is 13.6. The molecule has 1 aliphatic heterocycles. The molecule has 2 fully saturated rings. The SMILES string of the molecule is Cc1cc(NC2CC(F)(F)C2)ncc1-c1sc(C(=O)NCC(C)(C)O)nc1C(=O)N1CCC(F)CC1. The highest BCUT2D eigenvalue weighted by Crippen LogP contribution is 2.39. The summed E-state index contributed by atoms with van der Waals surface area (Å²) in [4.78, 5) is 36.8. The van der Waals surface area contributed by atoms with Crippen molar-refractivity contribution in [2.45, 2.75) is 70.2 Å². The summed E-state index contributed by atoms with van der Waals surface area (Å²) in [6.45, 7) is 5.41. The zero-order valence-corrected chi connectivity index (χ0v) is 21.2. The number of likely N-dealkylation sites (tertiary alicyclic amines) is 1. The lowest BCUT2D eigenvalue weighted by Gasteiger charge is -2.35. The molecule has 0 bridgehead atoms. The Morgan fingerprint density at radius 3 is 2.53 bits per heavy atom. The lowest BCUT2D eigenvalue weighted by Crippen LogP contribution is -2.44. The molecule has 2 amide bonds. The van der Waals surface area contributed by atoms with E-state index in [1.165, 1.54) is 11.1 Å². The number of anilines is 1. The number of carbonyl (C=O) groups excluding carboxylic acids is 2. The first-order valence-corrected chi connectivity index (χ1v) is 12.7.